The van der Waals surface area contributed by atoms with Crippen LogP contribution >= 0.6 is 0 Å². The van der Waals surface area contributed by atoms with E-state index >= 15 is 0 Å². The van der Waals surface area contributed by atoms with Crippen LogP contribution in [0.15, 0.2) is 24.3 Å². The van der Waals surface area contributed by atoms with Crippen molar-refractivity contribution in [2.24, 2.45) is 0 Å². The van der Waals surface area contributed by atoms with Gasteiger partial charge in [0.2, 0.25) is 0 Å². The number of methoxy groups -OCH3 is 2. The van der Waals surface area contributed by atoms with Crippen LogP contribution in [0.25, 0.3) is 0 Å². The molecule has 1 heterocycles. The number of nitrogens with zero attached hydrogens (tertiary/aromatic N) is 1. The molecule has 1 aromatic rings. The predicted molar refractivity (Wildman–Crippen MR) is 68.5 cm³/mol. The fourth-order valence-corrected chi connectivity index (χ4v) is 2.45. The Morgan fingerprint density at radius 3 is 2.67 bits per heavy atom. The monoisotopic (exact) mass is 249 g/mol. The van der Waals surface area contributed by atoms with Gasteiger partial charge >= 0.3 is 5.97 Å². The minimum atomic E-state index is -0.150. The first-order valence-corrected chi connectivity index (χ1v) is 6.15. The molecule has 0 aliphatic carbocycles. The Morgan fingerprint density at radius 1 is 1.39 bits per heavy atom. The number of esters is 1. The maximum atomic E-state index is 11.6. The van der Waals surface area contributed by atoms with Gasteiger partial charge in [-0.1, -0.05) is 18.2 Å². The summed E-state index contributed by atoms with van der Waals surface area (Å²) in [6.45, 7) is 3.01. The highest BCUT2D eigenvalue weighted by molar-refractivity contribution is 5.76. The van der Waals surface area contributed by atoms with E-state index in [1.165, 1.54) is 7.11 Å². The molecule has 1 saturated heterocycles. The third kappa shape index (κ3) is 2.20. The summed E-state index contributed by atoms with van der Waals surface area (Å²) >= 11 is 0. The Labute approximate surface area is 107 Å². The standard InChI is InChI=1S/C14H19NO3/c1-10(11-6-4-5-7-13(11)17-2)15-9-8-12(15)14(16)18-3/h4-7,10,12H,8-9H2,1-3H3. The molecule has 2 atom stereocenters. The molecule has 0 bridgehead atoms. The highest BCUT2D eigenvalue weighted by atomic mass is 16.5. The van der Waals surface area contributed by atoms with E-state index < -0.39 is 0 Å². The lowest BCUT2D eigenvalue weighted by molar-refractivity contribution is -0.153. The molecule has 4 nitrogen and oxygen atoms in total. The number of ether oxygens (including phenoxy) is 2. The molecule has 2 rings (SSSR count). The van der Waals surface area contributed by atoms with Gasteiger partial charge in [-0.15, -0.1) is 0 Å². The van der Waals surface area contributed by atoms with Crippen LogP contribution < -0.4 is 4.74 Å². The van der Waals surface area contributed by atoms with Gasteiger partial charge in [-0.05, 0) is 19.4 Å². The Morgan fingerprint density at radius 2 is 2.11 bits per heavy atom. The lowest BCUT2D eigenvalue weighted by atomic mass is 9.96. The second-order valence-electron chi connectivity index (χ2n) is 4.48. The molecule has 1 aliphatic rings. The van der Waals surface area contributed by atoms with Gasteiger partial charge in [-0.3, -0.25) is 9.69 Å². The number of hydrogen-bond donors (Lipinski definition) is 0. The maximum absolute atomic E-state index is 11.6. The van der Waals surface area contributed by atoms with E-state index in [4.69, 9.17) is 9.47 Å². The first-order valence-electron chi connectivity index (χ1n) is 6.15. The van der Waals surface area contributed by atoms with Crippen LogP contribution in [0, 0.1) is 0 Å². The summed E-state index contributed by atoms with van der Waals surface area (Å²) in [5, 5.41) is 0. The largest absolute Gasteiger partial charge is 0.496 e. The van der Waals surface area contributed by atoms with Crippen LogP contribution in [0.3, 0.4) is 0 Å². The molecule has 0 spiro atoms. The average molecular weight is 249 g/mol. The second-order valence-corrected chi connectivity index (χ2v) is 4.48. The number of hydrogen-bond acceptors (Lipinski definition) is 4. The predicted octanol–water partition coefficient (Wildman–Crippen LogP) is 2.00. The Balaban J connectivity index is 2.16. The van der Waals surface area contributed by atoms with Crippen LogP contribution in [0.4, 0.5) is 0 Å². The van der Waals surface area contributed by atoms with E-state index in [1.54, 1.807) is 7.11 Å². The summed E-state index contributed by atoms with van der Waals surface area (Å²) in [4.78, 5) is 13.7. The maximum Gasteiger partial charge on any atom is 0.323 e. The topological polar surface area (TPSA) is 38.8 Å². The molecular formula is C14H19NO3. The van der Waals surface area contributed by atoms with Gasteiger partial charge in [0.15, 0.2) is 0 Å². The summed E-state index contributed by atoms with van der Waals surface area (Å²) in [5.41, 5.74) is 1.11. The number of para-hydroxylation sites is 1. The molecule has 2 unspecified atom stereocenters. The molecule has 1 aromatic carbocycles. The van der Waals surface area contributed by atoms with Crippen LogP contribution in [-0.2, 0) is 9.53 Å². The van der Waals surface area contributed by atoms with Crippen molar-refractivity contribution in [3.05, 3.63) is 29.8 Å². The molecule has 0 saturated carbocycles. The first kappa shape index (κ1) is 12.9. The molecule has 0 amide bonds. The molecule has 0 aromatic heterocycles. The van der Waals surface area contributed by atoms with E-state index in [0.717, 1.165) is 24.3 Å². The summed E-state index contributed by atoms with van der Waals surface area (Å²) in [6, 6.07) is 7.95. The smallest absolute Gasteiger partial charge is 0.323 e. The zero-order valence-electron chi connectivity index (χ0n) is 11.1. The van der Waals surface area contributed by atoms with Crippen molar-refractivity contribution in [2.75, 3.05) is 20.8 Å². The van der Waals surface area contributed by atoms with Gasteiger partial charge < -0.3 is 9.47 Å². The highest BCUT2D eigenvalue weighted by Gasteiger charge is 2.38. The van der Waals surface area contributed by atoms with Gasteiger partial charge in [0, 0.05) is 18.2 Å². The van der Waals surface area contributed by atoms with Gasteiger partial charge in [0.1, 0.15) is 11.8 Å². The fraction of sp³-hybridized carbons (Fsp3) is 0.500. The normalized spacial score (nSPS) is 20.9. The third-order valence-electron chi connectivity index (χ3n) is 3.62. The minimum absolute atomic E-state index is 0.116. The molecule has 1 fully saturated rings. The van der Waals surface area contributed by atoms with Crippen molar-refractivity contribution in [1.29, 1.82) is 0 Å². The molecule has 0 N–H and O–H groups in total. The van der Waals surface area contributed by atoms with E-state index in [9.17, 15) is 4.79 Å². The molecule has 1 aliphatic heterocycles. The lowest BCUT2D eigenvalue weighted by Gasteiger charge is -2.43. The number of rotatable bonds is 4. The number of carbonyl (C=O) groups excluding carboxylic acids is 1. The molecule has 0 radical (unpaired) electrons. The molecular weight excluding hydrogens is 230 g/mol. The van der Waals surface area contributed by atoms with Gasteiger partial charge in [-0.2, -0.15) is 0 Å². The van der Waals surface area contributed by atoms with Crippen molar-refractivity contribution in [2.45, 2.75) is 25.4 Å². The summed E-state index contributed by atoms with van der Waals surface area (Å²) in [5.74, 6) is 0.712. The van der Waals surface area contributed by atoms with Gasteiger partial charge in [0.25, 0.3) is 0 Å². The second kappa shape index (κ2) is 5.40. The van der Waals surface area contributed by atoms with Crippen molar-refractivity contribution in [3.8, 4) is 5.75 Å². The van der Waals surface area contributed by atoms with E-state index in [0.29, 0.717) is 0 Å². The zero-order chi connectivity index (χ0) is 13.1. The number of benzene rings is 1. The van der Waals surface area contributed by atoms with Gasteiger partial charge in [-0.25, -0.2) is 0 Å². The van der Waals surface area contributed by atoms with E-state index in [1.807, 2.05) is 24.3 Å². The van der Waals surface area contributed by atoms with Crippen LogP contribution in [0.5, 0.6) is 5.75 Å². The SMILES string of the molecule is COC(=O)C1CCN1C(C)c1ccccc1OC. The quantitative estimate of drug-likeness (QED) is 0.765. The first-order chi connectivity index (χ1) is 8.69. The summed E-state index contributed by atoms with van der Waals surface area (Å²) in [7, 11) is 3.10. The van der Waals surface area contributed by atoms with E-state index in [-0.39, 0.29) is 18.1 Å². The summed E-state index contributed by atoms with van der Waals surface area (Å²) in [6.07, 6.45) is 0.867. The van der Waals surface area contributed by atoms with Crippen molar-refractivity contribution in [3.63, 3.8) is 0 Å². The van der Waals surface area contributed by atoms with Crippen LogP contribution in [-0.4, -0.2) is 37.7 Å². The molecule has 98 valence electrons. The van der Waals surface area contributed by atoms with Gasteiger partial charge in [0.05, 0.1) is 14.2 Å². The Bertz CT molecular complexity index is 433. The van der Waals surface area contributed by atoms with Crippen molar-refractivity contribution in [1.82, 2.24) is 4.90 Å². The molecule has 18 heavy (non-hydrogen) atoms. The zero-order valence-corrected chi connectivity index (χ0v) is 11.1. The Kier molecular flexibility index (Phi) is 3.87. The van der Waals surface area contributed by atoms with Crippen molar-refractivity contribution < 1.29 is 14.3 Å². The average Bonchev–Trinajstić information content (AvgIpc) is 2.37. The Hall–Kier alpha value is -1.55. The van der Waals surface area contributed by atoms with Crippen LogP contribution in [0.2, 0.25) is 0 Å². The fourth-order valence-electron chi connectivity index (χ4n) is 2.45. The minimum Gasteiger partial charge on any atom is -0.496 e. The lowest BCUT2D eigenvalue weighted by Crippen LogP contribution is -2.53. The summed E-state index contributed by atoms with van der Waals surface area (Å²) < 4.78 is 10.2. The van der Waals surface area contributed by atoms with Crippen molar-refractivity contribution >= 4 is 5.97 Å². The van der Waals surface area contributed by atoms with Crippen LogP contribution in [0.1, 0.15) is 24.9 Å². The highest BCUT2D eigenvalue weighted by Crippen LogP contribution is 2.34. The molecule has 4 heteroatoms. The third-order valence-corrected chi connectivity index (χ3v) is 3.62. The van der Waals surface area contributed by atoms with E-state index in [2.05, 4.69) is 11.8 Å². The number of carbonyl (C=O) groups is 1. The number of likely N-dealkylation sites (tertiary alicyclic amines) is 1.